The van der Waals surface area contributed by atoms with E-state index in [1.165, 1.54) is 17.3 Å². The third-order valence-corrected chi connectivity index (χ3v) is 6.91. The normalized spacial score (nSPS) is 16.2. The first-order valence-electron chi connectivity index (χ1n) is 10.5. The Labute approximate surface area is 186 Å². The number of hydrogen-bond acceptors (Lipinski definition) is 6. The number of fused-ring (bicyclic) bond motifs is 1. The Morgan fingerprint density at radius 1 is 1.35 bits per heavy atom. The van der Waals surface area contributed by atoms with Gasteiger partial charge in [0.25, 0.3) is 0 Å². The number of nitrogens with one attached hydrogen (secondary N) is 1. The fraction of sp³-hybridized carbons (Fsp3) is 0.333. The molecule has 0 radical (unpaired) electrons. The van der Waals surface area contributed by atoms with E-state index in [4.69, 9.17) is 9.51 Å². The number of carbonyl (C=O) groups is 1. The highest BCUT2D eigenvalue weighted by Gasteiger charge is 2.26. The van der Waals surface area contributed by atoms with Crippen molar-refractivity contribution >= 4 is 23.5 Å². The van der Waals surface area contributed by atoms with Crippen LogP contribution in [-0.4, -0.2) is 21.3 Å². The number of thioether (sulfide) groups is 1. The van der Waals surface area contributed by atoms with E-state index in [1.807, 2.05) is 19.1 Å². The fourth-order valence-corrected chi connectivity index (χ4v) is 4.91. The molecular weight excluding hydrogens is 408 g/mol. The average molecular weight is 433 g/mol. The molecule has 0 fully saturated rings. The number of aryl methyl sites for hydroxylation is 2. The zero-order valence-electron chi connectivity index (χ0n) is 17.6. The number of hydrogen-bond donors (Lipinski definition) is 1. The second-order valence-electron chi connectivity index (χ2n) is 7.74. The first-order valence-corrected chi connectivity index (χ1v) is 11.3. The van der Waals surface area contributed by atoms with E-state index in [0.29, 0.717) is 34.5 Å². The van der Waals surface area contributed by atoms with Crippen LogP contribution in [0.1, 0.15) is 53.8 Å². The predicted octanol–water partition coefficient (Wildman–Crippen LogP) is 5.03. The molecule has 0 saturated carbocycles. The van der Waals surface area contributed by atoms with Crippen molar-refractivity contribution in [3.63, 3.8) is 0 Å². The second kappa shape index (κ2) is 9.36. The molecule has 4 rings (SSSR count). The van der Waals surface area contributed by atoms with E-state index in [1.54, 1.807) is 13.0 Å². The first kappa shape index (κ1) is 21.1. The average Bonchev–Trinajstić information content (AvgIpc) is 3.21. The maximum Gasteiger partial charge on any atom is 0.239 e. The zero-order valence-corrected chi connectivity index (χ0v) is 18.4. The van der Waals surface area contributed by atoms with Crippen LogP contribution in [0.5, 0.6) is 0 Å². The van der Waals surface area contributed by atoms with Gasteiger partial charge in [-0.15, -0.1) is 0 Å². The highest BCUT2D eigenvalue weighted by molar-refractivity contribution is 8.00. The summed E-state index contributed by atoms with van der Waals surface area (Å²) in [6.45, 7) is 3.72. The topological polar surface area (TPSA) is 91.8 Å². The minimum absolute atomic E-state index is 0.173. The van der Waals surface area contributed by atoms with Crippen LogP contribution in [0, 0.1) is 18.3 Å². The van der Waals surface area contributed by atoms with Crippen LogP contribution in [0.2, 0.25) is 0 Å². The van der Waals surface area contributed by atoms with E-state index in [9.17, 15) is 10.1 Å². The molecule has 0 saturated heterocycles. The quantitative estimate of drug-likeness (QED) is 0.549. The summed E-state index contributed by atoms with van der Waals surface area (Å²) in [6, 6.07) is 16.4. The third-order valence-electron chi connectivity index (χ3n) is 5.54. The van der Waals surface area contributed by atoms with Crippen molar-refractivity contribution in [1.29, 1.82) is 5.26 Å². The highest BCUT2D eigenvalue weighted by atomic mass is 32.2. The monoisotopic (exact) mass is 432 g/mol. The number of carbonyl (C=O) groups excluding carboxylic acids is 1. The number of benzene rings is 1. The Balaban J connectivity index is 1.52. The van der Waals surface area contributed by atoms with Gasteiger partial charge in [0.2, 0.25) is 5.91 Å². The maximum atomic E-state index is 12.7. The second-order valence-corrected chi connectivity index (χ2v) is 8.93. The van der Waals surface area contributed by atoms with Crippen LogP contribution in [0.4, 0.5) is 5.82 Å². The summed E-state index contributed by atoms with van der Waals surface area (Å²) < 4.78 is 5.01. The van der Waals surface area contributed by atoms with E-state index >= 15 is 0 Å². The summed E-state index contributed by atoms with van der Waals surface area (Å²) in [6.07, 6.45) is 3.39. The molecule has 7 heteroatoms. The molecule has 6 nitrogen and oxygen atoms in total. The van der Waals surface area contributed by atoms with Gasteiger partial charge in [0.05, 0.1) is 10.8 Å². The highest BCUT2D eigenvalue weighted by Crippen LogP contribution is 2.35. The Kier molecular flexibility index (Phi) is 6.38. The van der Waals surface area contributed by atoms with Crippen molar-refractivity contribution in [3.8, 4) is 6.07 Å². The zero-order chi connectivity index (χ0) is 21.8. The molecule has 1 aliphatic rings. The lowest BCUT2D eigenvalue weighted by molar-refractivity contribution is -0.115. The number of pyridine rings is 1. The molecule has 2 atom stereocenters. The largest absolute Gasteiger partial charge is 0.360 e. The molecule has 0 bridgehead atoms. The van der Waals surface area contributed by atoms with Crippen molar-refractivity contribution in [2.75, 3.05) is 5.32 Å². The van der Waals surface area contributed by atoms with Crippen molar-refractivity contribution in [2.45, 2.75) is 55.7 Å². The van der Waals surface area contributed by atoms with Crippen LogP contribution in [0.3, 0.4) is 0 Å². The Morgan fingerprint density at radius 2 is 2.16 bits per heavy atom. The van der Waals surface area contributed by atoms with Gasteiger partial charge in [-0.05, 0) is 55.7 Å². The van der Waals surface area contributed by atoms with Crippen LogP contribution in [-0.2, 0) is 17.6 Å². The van der Waals surface area contributed by atoms with Gasteiger partial charge in [-0.1, -0.05) is 54.2 Å². The summed E-state index contributed by atoms with van der Waals surface area (Å²) >= 11 is 1.34. The number of nitriles is 1. The lowest BCUT2D eigenvalue weighted by Crippen LogP contribution is -2.25. The van der Waals surface area contributed by atoms with E-state index in [2.05, 4.69) is 40.8 Å². The number of aromatic nitrogens is 2. The van der Waals surface area contributed by atoms with Crippen LogP contribution in [0.25, 0.3) is 0 Å². The lowest BCUT2D eigenvalue weighted by atomic mass is 9.82. The molecule has 1 aromatic carbocycles. The van der Waals surface area contributed by atoms with Gasteiger partial charge in [-0.25, -0.2) is 4.98 Å². The summed E-state index contributed by atoms with van der Waals surface area (Å²) in [4.78, 5) is 17.5. The van der Waals surface area contributed by atoms with Gasteiger partial charge in [0.1, 0.15) is 16.9 Å². The Morgan fingerprint density at radius 3 is 2.84 bits per heavy atom. The summed E-state index contributed by atoms with van der Waals surface area (Å²) in [5, 5.41) is 16.6. The Hall–Kier alpha value is -3.11. The molecular formula is C24H24N4O2S. The van der Waals surface area contributed by atoms with Crippen molar-refractivity contribution in [2.24, 2.45) is 0 Å². The molecule has 2 heterocycles. The number of rotatable bonds is 6. The first-order chi connectivity index (χ1) is 15.1. The fourth-order valence-electron chi connectivity index (χ4n) is 3.91. The van der Waals surface area contributed by atoms with Gasteiger partial charge in [-0.2, -0.15) is 5.26 Å². The molecule has 2 unspecified atom stereocenters. The van der Waals surface area contributed by atoms with Crippen LogP contribution in [0.15, 0.2) is 52.0 Å². The summed E-state index contributed by atoms with van der Waals surface area (Å²) in [5.41, 5.74) is 4.03. The molecule has 158 valence electrons. The van der Waals surface area contributed by atoms with Gasteiger partial charge in [0.15, 0.2) is 5.82 Å². The lowest BCUT2D eigenvalue weighted by Gasteiger charge is -2.25. The van der Waals surface area contributed by atoms with Gasteiger partial charge < -0.3 is 9.84 Å². The molecule has 1 aliphatic carbocycles. The van der Waals surface area contributed by atoms with E-state index < -0.39 is 0 Å². The van der Waals surface area contributed by atoms with E-state index in [-0.39, 0.29) is 11.2 Å². The third kappa shape index (κ3) is 4.80. The van der Waals surface area contributed by atoms with Crippen molar-refractivity contribution in [3.05, 3.63) is 70.6 Å². The number of anilines is 1. The van der Waals surface area contributed by atoms with Crippen LogP contribution < -0.4 is 5.32 Å². The standard InChI is InChI=1S/C24H24N4O2S/c1-3-21(23(29)27-22-11-15(2)30-28-22)31-24-19(14-25)13-18-12-17(9-10-20(18)26-24)16-7-5-4-6-8-16/h4-8,11,13,17,21H,3,9-10,12H2,1-2H3,(H,27,28,29). The number of nitrogens with zero attached hydrogens (tertiary/aromatic N) is 3. The molecule has 1 N–H and O–H groups in total. The maximum absolute atomic E-state index is 12.7. The van der Waals surface area contributed by atoms with Crippen molar-refractivity contribution < 1.29 is 9.32 Å². The minimum Gasteiger partial charge on any atom is -0.360 e. The molecule has 31 heavy (non-hydrogen) atoms. The molecule has 1 amide bonds. The predicted molar refractivity (Wildman–Crippen MR) is 120 cm³/mol. The SMILES string of the molecule is CCC(Sc1nc2c(cc1C#N)CC(c1ccccc1)CC2)C(=O)Nc1cc(C)on1. The summed E-state index contributed by atoms with van der Waals surface area (Å²) in [5.74, 6) is 1.30. The van der Waals surface area contributed by atoms with Crippen LogP contribution >= 0.6 is 11.8 Å². The molecule has 0 spiro atoms. The van der Waals surface area contributed by atoms with Gasteiger partial charge in [0, 0.05) is 11.8 Å². The van der Waals surface area contributed by atoms with Crippen molar-refractivity contribution in [1.82, 2.24) is 10.1 Å². The van der Waals surface area contributed by atoms with E-state index in [0.717, 1.165) is 30.5 Å². The molecule has 0 aliphatic heterocycles. The number of amides is 1. The smallest absolute Gasteiger partial charge is 0.239 e. The Bertz CT molecular complexity index is 1120. The molecule has 2 aromatic heterocycles. The molecule has 3 aromatic rings. The summed E-state index contributed by atoms with van der Waals surface area (Å²) in [7, 11) is 0. The minimum atomic E-state index is -0.379. The van der Waals surface area contributed by atoms with Gasteiger partial charge >= 0.3 is 0 Å². The van der Waals surface area contributed by atoms with Gasteiger partial charge in [-0.3, -0.25) is 4.79 Å².